The summed E-state index contributed by atoms with van der Waals surface area (Å²) in [5.74, 6) is 0. The molecule has 1 unspecified atom stereocenters. The molecule has 84 valence electrons. The summed E-state index contributed by atoms with van der Waals surface area (Å²) in [6, 6.07) is 1.30. The predicted molar refractivity (Wildman–Crippen MR) is 59.4 cm³/mol. The van der Waals surface area contributed by atoms with E-state index in [4.69, 9.17) is 5.11 Å². The van der Waals surface area contributed by atoms with Crippen LogP contribution in [0.1, 0.15) is 26.7 Å². The summed E-state index contributed by atoms with van der Waals surface area (Å²) in [5, 5.41) is 8.90. The molecule has 0 saturated carbocycles. The van der Waals surface area contributed by atoms with E-state index in [9.17, 15) is 0 Å². The van der Waals surface area contributed by atoms with Crippen molar-refractivity contribution < 1.29 is 5.11 Å². The first-order chi connectivity index (χ1) is 6.65. The third kappa shape index (κ3) is 3.23. The van der Waals surface area contributed by atoms with Gasteiger partial charge >= 0.3 is 0 Å². The standard InChI is InChI=1S/C11H24N2O/c1-10(2)12(3)11-5-4-6-13(9-11)7-8-14/h10-11,14H,4-9H2,1-3H3. The van der Waals surface area contributed by atoms with E-state index in [0.717, 1.165) is 19.6 Å². The van der Waals surface area contributed by atoms with Gasteiger partial charge in [-0.05, 0) is 40.3 Å². The van der Waals surface area contributed by atoms with Crippen molar-refractivity contribution >= 4 is 0 Å². The first-order valence-electron chi connectivity index (χ1n) is 5.70. The van der Waals surface area contributed by atoms with Crippen LogP contribution in [0.15, 0.2) is 0 Å². The number of hydrogen-bond donors (Lipinski definition) is 1. The van der Waals surface area contributed by atoms with E-state index < -0.39 is 0 Å². The van der Waals surface area contributed by atoms with Gasteiger partial charge in [0, 0.05) is 25.2 Å². The molecule has 1 heterocycles. The van der Waals surface area contributed by atoms with Crippen LogP contribution >= 0.6 is 0 Å². The number of piperidine rings is 1. The highest BCUT2D eigenvalue weighted by Crippen LogP contribution is 2.16. The average molecular weight is 200 g/mol. The molecule has 1 atom stereocenters. The second kappa shape index (κ2) is 5.69. The highest BCUT2D eigenvalue weighted by Gasteiger charge is 2.23. The van der Waals surface area contributed by atoms with E-state index in [1.807, 2.05) is 0 Å². The van der Waals surface area contributed by atoms with E-state index in [2.05, 4.69) is 30.7 Å². The largest absolute Gasteiger partial charge is 0.395 e. The number of aliphatic hydroxyl groups excluding tert-OH is 1. The van der Waals surface area contributed by atoms with Crippen LogP contribution in [0.3, 0.4) is 0 Å². The quantitative estimate of drug-likeness (QED) is 0.726. The van der Waals surface area contributed by atoms with Gasteiger partial charge in [-0.25, -0.2) is 0 Å². The fraction of sp³-hybridized carbons (Fsp3) is 1.00. The molecular weight excluding hydrogens is 176 g/mol. The van der Waals surface area contributed by atoms with Crippen molar-refractivity contribution in [2.45, 2.75) is 38.8 Å². The van der Waals surface area contributed by atoms with Gasteiger partial charge in [0.1, 0.15) is 0 Å². The molecule has 1 aliphatic rings. The highest BCUT2D eigenvalue weighted by atomic mass is 16.3. The Labute approximate surface area is 87.7 Å². The minimum Gasteiger partial charge on any atom is -0.395 e. The maximum absolute atomic E-state index is 8.90. The van der Waals surface area contributed by atoms with Gasteiger partial charge in [-0.15, -0.1) is 0 Å². The second-order valence-corrected chi connectivity index (χ2v) is 4.58. The van der Waals surface area contributed by atoms with Crippen LogP contribution in [-0.4, -0.2) is 60.3 Å². The van der Waals surface area contributed by atoms with Crippen LogP contribution < -0.4 is 0 Å². The molecule has 0 aromatic carbocycles. The molecule has 0 spiro atoms. The zero-order valence-corrected chi connectivity index (χ0v) is 9.74. The molecule has 0 aliphatic carbocycles. The van der Waals surface area contributed by atoms with Gasteiger partial charge in [-0.3, -0.25) is 9.80 Å². The van der Waals surface area contributed by atoms with Crippen LogP contribution in [0.25, 0.3) is 0 Å². The molecule has 3 heteroatoms. The van der Waals surface area contributed by atoms with E-state index in [-0.39, 0.29) is 6.61 Å². The van der Waals surface area contributed by atoms with Crippen molar-refractivity contribution in [2.75, 3.05) is 33.3 Å². The Bertz CT molecular complexity index is 159. The Hall–Kier alpha value is -0.120. The van der Waals surface area contributed by atoms with Gasteiger partial charge in [0.05, 0.1) is 6.61 Å². The molecular formula is C11H24N2O. The summed E-state index contributed by atoms with van der Waals surface area (Å²) in [5.41, 5.74) is 0. The van der Waals surface area contributed by atoms with Crippen molar-refractivity contribution in [1.82, 2.24) is 9.80 Å². The number of likely N-dealkylation sites (N-methyl/N-ethyl adjacent to an activating group) is 1. The SMILES string of the molecule is CC(C)N(C)C1CCCN(CCO)C1. The van der Waals surface area contributed by atoms with E-state index in [1.165, 1.54) is 12.8 Å². The molecule has 0 bridgehead atoms. The second-order valence-electron chi connectivity index (χ2n) is 4.58. The smallest absolute Gasteiger partial charge is 0.0558 e. The normalized spacial score (nSPS) is 24.9. The molecule has 1 rings (SSSR count). The molecule has 3 nitrogen and oxygen atoms in total. The molecule has 0 aromatic heterocycles. The summed E-state index contributed by atoms with van der Waals surface area (Å²) in [6.07, 6.45) is 2.57. The molecule has 14 heavy (non-hydrogen) atoms. The first-order valence-corrected chi connectivity index (χ1v) is 5.70. The van der Waals surface area contributed by atoms with Crippen molar-refractivity contribution in [3.63, 3.8) is 0 Å². The minimum absolute atomic E-state index is 0.290. The monoisotopic (exact) mass is 200 g/mol. The lowest BCUT2D eigenvalue weighted by Crippen LogP contribution is -2.49. The predicted octanol–water partition coefficient (Wildman–Crippen LogP) is 0.783. The van der Waals surface area contributed by atoms with Crippen LogP contribution in [0, 0.1) is 0 Å². The highest BCUT2D eigenvalue weighted by molar-refractivity contribution is 4.80. The number of hydrogen-bond acceptors (Lipinski definition) is 3. The number of likely N-dealkylation sites (tertiary alicyclic amines) is 1. The fourth-order valence-electron chi connectivity index (χ4n) is 2.13. The maximum atomic E-state index is 8.90. The molecule has 1 N–H and O–H groups in total. The number of rotatable bonds is 4. The topological polar surface area (TPSA) is 26.7 Å². The van der Waals surface area contributed by atoms with Crippen molar-refractivity contribution in [2.24, 2.45) is 0 Å². The zero-order chi connectivity index (χ0) is 10.6. The Morgan fingerprint density at radius 2 is 2.21 bits per heavy atom. The Morgan fingerprint density at radius 3 is 2.79 bits per heavy atom. The van der Waals surface area contributed by atoms with Gasteiger partial charge in [0.2, 0.25) is 0 Å². The van der Waals surface area contributed by atoms with Gasteiger partial charge in [0.25, 0.3) is 0 Å². The summed E-state index contributed by atoms with van der Waals surface area (Å²) in [4.78, 5) is 4.82. The number of aliphatic hydroxyl groups is 1. The van der Waals surface area contributed by atoms with Gasteiger partial charge in [-0.1, -0.05) is 0 Å². The van der Waals surface area contributed by atoms with E-state index >= 15 is 0 Å². The lowest BCUT2D eigenvalue weighted by Gasteiger charge is -2.39. The van der Waals surface area contributed by atoms with Gasteiger partial charge < -0.3 is 5.11 Å². The fourth-order valence-corrected chi connectivity index (χ4v) is 2.13. The molecule has 0 aromatic rings. The van der Waals surface area contributed by atoms with Gasteiger partial charge in [0.15, 0.2) is 0 Å². The maximum Gasteiger partial charge on any atom is 0.0558 e. The van der Waals surface area contributed by atoms with Crippen LogP contribution in [0.4, 0.5) is 0 Å². The van der Waals surface area contributed by atoms with Crippen molar-refractivity contribution in [3.8, 4) is 0 Å². The lowest BCUT2D eigenvalue weighted by molar-refractivity contribution is 0.0844. The Kier molecular flexibility index (Phi) is 4.85. The lowest BCUT2D eigenvalue weighted by atomic mass is 10.0. The van der Waals surface area contributed by atoms with Crippen LogP contribution in [-0.2, 0) is 0 Å². The van der Waals surface area contributed by atoms with Crippen LogP contribution in [0.2, 0.25) is 0 Å². The number of nitrogens with zero attached hydrogens (tertiary/aromatic N) is 2. The van der Waals surface area contributed by atoms with E-state index in [1.54, 1.807) is 0 Å². The summed E-state index contributed by atoms with van der Waals surface area (Å²) in [6.45, 7) is 7.88. The molecule has 1 fully saturated rings. The molecule has 1 saturated heterocycles. The third-order valence-corrected chi connectivity index (χ3v) is 3.29. The average Bonchev–Trinajstić information content (AvgIpc) is 2.17. The van der Waals surface area contributed by atoms with Crippen LogP contribution in [0.5, 0.6) is 0 Å². The van der Waals surface area contributed by atoms with Gasteiger partial charge in [-0.2, -0.15) is 0 Å². The van der Waals surface area contributed by atoms with Crippen molar-refractivity contribution in [1.29, 1.82) is 0 Å². The summed E-state index contributed by atoms with van der Waals surface area (Å²) in [7, 11) is 2.21. The zero-order valence-electron chi connectivity index (χ0n) is 9.74. The number of β-amino-alcohol motifs (C(OH)–C–C–N with tert-alkyl or cyclic N) is 1. The molecule has 0 amide bonds. The molecule has 1 aliphatic heterocycles. The summed E-state index contributed by atoms with van der Waals surface area (Å²) >= 11 is 0. The Balaban J connectivity index is 2.39. The van der Waals surface area contributed by atoms with E-state index in [0.29, 0.717) is 12.1 Å². The molecule has 0 radical (unpaired) electrons. The van der Waals surface area contributed by atoms with Crippen molar-refractivity contribution in [3.05, 3.63) is 0 Å². The summed E-state index contributed by atoms with van der Waals surface area (Å²) < 4.78 is 0. The minimum atomic E-state index is 0.290. The third-order valence-electron chi connectivity index (χ3n) is 3.29. The first kappa shape index (κ1) is 12.0. The Morgan fingerprint density at radius 1 is 1.50 bits per heavy atom.